The van der Waals surface area contributed by atoms with Crippen molar-refractivity contribution < 1.29 is 0 Å². The minimum Gasteiger partial charge on any atom is -0.394 e. The Morgan fingerprint density at radius 2 is 2.35 bits per heavy atom. The lowest BCUT2D eigenvalue weighted by atomic mass is 10.2. The predicted molar refractivity (Wildman–Crippen MR) is 67.6 cm³/mol. The predicted octanol–water partition coefficient (Wildman–Crippen LogP) is 1.46. The molecule has 17 heavy (non-hydrogen) atoms. The van der Waals surface area contributed by atoms with Crippen molar-refractivity contribution in [1.29, 1.82) is 0 Å². The Bertz CT molecular complexity index is 484. The van der Waals surface area contributed by atoms with E-state index < -0.39 is 0 Å². The van der Waals surface area contributed by atoms with Gasteiger partial charge in [0, 0.05) is 19.4 Å². The molecular weight excluding hydrogens is 216 g/mol. The van der Waals surface area contributed by atoms with E-state index in [9.17, 15) is 0 Å². The molecule has 1 unspecified atom stereocenters. The first kappa shape index (κ1) is 11.5. The maximum Gasteiger partial charge on any atom is 0.148 e. The van der Waals surface area contributed by atoms with Crippen molar-refractivity contribution in [2.45, 2.75) is 26.3 Å². The Hall–Kier alpha value is -1.98. The fraction of sp³-hybridized carbons (Fsp3) is 0.455. The largest absolute Gasteiger partial charge is 0.394 e. The molecule has 0 bridgehead atoms. The molecule has 2 aromatic rings. The number of anilines is 2. The second-order valence-corrected chi connectivity index (χ2v) is 4.03. The smallest absolute Gasteiger partial charge is 0.148 e. The van der Waals surface area contributed by atoms with Crippen LogP contribution < -0.4 is 11.1 Å². The second-order valence-electron chi connectivity index (χ2n) is 4.03. The minimum atomic E-state index is 0.0624. The zero-order valence-corrected chi connectivity index (χ0v) is 10.4. The van der Waals surface area contributed by atoms with Crippen LogP contribution in [0.5, 0.6) is 0 Å². The summed E-state index contributed by atoms with van der Waals surface area (Å²) in [6.07, 6.45) is 4.37. The molecule has 6 nitrogen and oxygen atoms in total. The number of rotatable bonds is 4. The van der Waals surface area contributed by atoms with Crippen LogP contribution in [0.4, 0.5) is 11.5 Å². The van der Waals surface area contributed by atoms with Crippen LogP contribution in [0.1, 0.15) is 31.4 Å². The van der Waals surface area contributed by atoms with Crippen LogP contribution in [-0.2, 0) is 13.5 Å². The summed E-state index contributed by atoms with van der Waals surface area (Å²) in [5, 5.41) is 7.68. The van der Waals surface area contributed by atoms with Gasteiger partial charge in [-0.2, -0.15) is 5.10 Å². The number of nitrogens with zero attached hydrogens (tertiary/aromatic N) is 3. The van der Waals surface area contributed by atoms with Crippen LogP contribution in [-0.4, -0.2) is 19.7 Å². The molecular formula is C11H18N6. The van der Waals surface area contributed by atoms with Crippen molar-refractivity contribution >= 4 is 11.5 Å². The molecule has 2 heterocycles. The zero-order valence-electron chi connectivity index (χ0n) is 10.4. The Balaban J connectivity index is 2.21. The Morgan fingerprint density at radius 1 is 1.59 bits per heavy atom. The van der Waals surface area contributed by atoms with Gasteiger partial charge in [0.1, 0.15) is 11.6 Å². The van der Waals surface area contributed by atoms with E-state index in [-0.39, 0.29) is 6.04 Å². The van der Waals surface area contributed by atoms with Gasteiger partial charge in [-0.1, -0.05) is 6.92 Å². The third-order valence-electron chi connectivity index (χ3n) is 2.78. The van der Waals surface area contributed by atoms with Crippen LogP contribution in [0.15, 0.2) is 12.4 Å². The molecule has 0 saturated carbocycles. The highest BCUT2D eigenvalue weighted by Gasteiger charge is 2.15. The standard InChI is InChI=1S/C11H18N6/c1-4-8-9(12)11(17(3)16-8)15-7(2)10-13-5-6-14-10/h5-7,15H,4,12H2,1-3H3,(H,13,14). The van der Waals surface area contributed by atoms with Gasteiger partial charge in [-0.25, -0.2) is 4.98 Å². The van der Waals surface area contributed by atoms with Gasteiger partial charge in [-0.15, -0.1) is 0 Å². The third kappa shape index (κ3) is 2.11. The summed E-state index contributed by atoms with van der Waals surface area (Å²) in [4.78, 5) is 7.28. The molecule has 4 N–H and O–H groups in total. The molecule has 0 amide bonds. The van der Waals surface area contributed by atoms with Gasteiger partial charge in [0.05, 0.1) is 17.4 Å². The van der Waals surface area contributed by atoms with Crippen LogP contribution >= 0.6 is 0 Å². The zero-order chi connectivity index (χ0) is 12.4. The Morgan fingerprint density at radius 3 is 2.88 bits per heavy atom. The average molecular weight is 234 g/mol. The van der Waals surface area contributed by atoms with Gasteiger partial charge in [0.15, 0.2) is 0 Å². The van der Waals surface area contributed by atoms with E-state index in [0.29, 0.717) is 5.69 Å². The molecule has 6 heteroatoms. The quantitative estimate of drug-likeness (QED) is 0.747. The van der Waals surface area contributed by atoms with Gasteiger partial charge >= 0.3 is 0 Å². The molecule has 0 saturated heterocycles. The topological polar surface area (TPSA) is 84.5 Å². The second kappa shape index (κ2) is 4.48. The van der Waals surface area contributed by atoms with E-state index in [2.05, 4.69) is 20.4 Å². The maximum absolute atomic E-state index is 6.04. The number of nitrogen functional groups attached to an aromatic ring is 1. The normalized spacial score (nSPS) is 12.6. The van der Waals surface area contributed by atoms with Crippen LogP contribution in [0, 0.1) is 0 Å². The van der Waals surface area contributed by atoms with Crippen LogP contribution in [0.25, 0.3) is 0 Å². The maximum atomic E-state index is 6.04. The number of H-pyrrole nitrogens is 1. The van der Waals surface area contributed by atoms with E-state index in [1.807, 2.05) is 20.9 Å². The summed E-state index contributed by atoms with van der Waals surface area (Å²) in [6, 6.07) is 0.0624. The van der Waals surface area contributed by atoms with Crippen molar-refractivity contribution in [3.8, 4) is 0 Å². The lowest BCUT2D eigenvalue weighted by Crippen LogP contribution is -2.12. The average Bonchev–Trinajstić information content (AvgIpc) is 2.92. The van der Waals surface area contributed by atoms with Crippen molar-refractivity contribution in [2.75, 3.05) is 11.1 Å². The van der Waals surface area contributed by atoms with E-state index in [1.165, 1.54) is 0 Å². The molecule has 0 spiro atoms. The summed E-state index contributed by atoms with van der Waals surface area (Å²) < 4.78 is 1.77. The van der Waals surface area contributed by atoms with Crippen molar-refractivity contribution in [1.82, 2.24) is 19.7 Å². The summed E-state index contributed by atoms with van der Waals surface area (Å²) in [7, 11) is 1.88. The first-order chi connectivity index (χ1) is 8.13. The minimum absolute atomic E-state index is 0.0624. The van der Waals surface area contributed by atoms with E-state index >= 15 is 0 Å². The van der Waals surface area contributed by atoms with Gasteiger partial charge < -0.3 is 16.0 Å². The fourth-order valence-electron chi connectivity index (χ4n) is 1.82. The highest BCUT2D eigenvalue weighted by molar-refractivity contribution is 5.65. The number of aromatic nitrogens is 4. The first-order valence-corrected chi connectivity index (χ1v) is 5.70. The number of aromatic amines is 1. The number of nitrogens with two attached hydrogens (primary N) is 1. The summed E-state index contributed by atoms with van der Waals surface area (Å²) >= 11 is 0. The van der Waals surface area contributed by atoms with Crippen molar-refractivity contribution in [3.63, 3.8) is 0 Å². The molecule has 0 aliphatic rings. The van der Waals surface area contributed by atoms with Gasteiger partial charge in [-0.05, 0) is 13.3 Å². The summed E-state index contributed by atoms with van der Waals surface area (Å²) in [6.45, 7) is 4.06. The first-order valence-electron chi connectivity index (χ1n) is 5.70. The Labute approximate surface area is 100 Å². The van der Waals surface area contributed by atoms with Crippen LogP contribution in [0.3, 0.4) is 0 Å². The fourth-order valence-corrected chi connectivity index (χ4v) is 1.82. The van der Waals surface area contributed by atoms with Crippen LogP contribution in [0.2, 0.25) is 0 Å². The van der Waals surface area contributed by atoms with Gasteiger partial charge in [0.25, 0.3) is 0 Å². The van der Waals surface area contributed by atoms with Crippen molar-refractivity contribution in [2.24, 2.45) is 7.05 Å². The molecule has 2 aromatic heterocycles. The SMILES string of the molecule is CCc1nn(C)c(NC(C)c2ncc[nH]2)c1N. The van der Waals surface area contributed by atoms with E-state index in [1.54, 1.807) is 17.1 Å². The monoisotopic (exact) mass is 234 g/mol. The molecule has 1 atom stereocenters. The summed E-state index contributed by atoms with van der Waals surface area (Å²) in [5.74, 6) is 1.72. The van der Waals surface area contributed by atoms with Gasteiger partial charge in [0.2, 0.25) is 0 Å². The van der Waals surface area contributed by atoms with Crippen molar-refractivity contribution in [3.05, 3.63) is 23.9 Å². The van der Waals surface area contributed by atoms with Gasteiger partial charge in [-0.3, -0.25) is 4.68 Å². The lowest BCUT2D eigenvalue weighted by Gasteiger charge is -2.13. The molecule has 0 radical (unpaired) electrons. The highest BCUT2D eigenvalue weighted by Crippen LogP contribution is 2.25. The Kier molecular flexibility index (Phi) is 3.03. The molecule has 0 fully saturated rings. The molecule has 2 rings (SSSR count). The molecule has 92 valence electrons. The lowest BCUT2D eigenvalue weighted by molar-refractivity contribution is 0.724. The molecule has 0 aliphatic heterocycles. The third-order valence-corrected chi connectivity index (χ3v) is 2.78. The molecule has 0 aliphatic carbocycles. The summed E-state index contributed by atoms with van der Waals surface area (Å²) in [5.41, 5.74) is 7.67. The number of aryl methyl sites for hydroxylation is 2. The number of imidazole rings is 1. The van der Waals surface area contributed by atoms with E-state index in [0.717, 1.165) is 23.8 Å². The number of hydrogen-bond donors (Lipinski definition) is 3. The number of nitrogens with one attached hydrogen (secondary N) is 2. The number of hydrogen-bond acceptors (Lipinski definition) is 4. The molecule has 0 aromatic carbocycles. The van der Waals surface area contributed by atoms with E-state index in [4.69, 9.17) is 5.73 Å². The highest BCUT2D eigenvalue weighted by atomic mass is 15.3.